The highest BCUT2D eigenvalue weighted by Gasteiger charge is 2.18. The minimum absolute atomic E-state index is 0.0288. The topological polar surface area (TPSA) is 59.8 Å². The lowest BCUT2D eigenvalue weighted by atomic mass is 9.89. The van der Waals surface area contributed by atoms with E-state index in [0.29, 0.717) is 5.92 Å². The highest BCUT2D eigenvalue weighted by Crippen LogP contribution is 2.22. The van der Waals surface area contributed by atoms with Gasteiger partial charge < -0.3 is 5.32 Å². The van der Waals surface area contributed by atoms with Gasteiger partial charge in [0.25, 0.3) is 0 Å². The minimum Gasteiger partial charge on any atom is -0.354 e. The maximum Gasteiger partial charge on any atom is 0.244 e. The molecule has 0 aromatic carbocycles. The van der Waals surface area contributed by atoms with Crippen LogP contribution in [0.1, 0.15) is 45.1 Å². The molecular formula is C12H20N4O. The number of hydrogen-bond acceptors (Lipinski definition) is 3. The quantitative estimate of drug-likeness (QED) is 0.862. The fourth-order valence-corrected chi connectivity index (χ4v) is 2.32. The summed E-state index contributed by atoms with van der Waals surface area (Å²) in [4.78, 5) is 15.7. The number of aromatic nitrogens is 3. The number of hydrogen-bond donors (Lipinski definition) is 1. The van der Waals surface area contributed by atoms with Crippen LogP contribution in [0.15, 0.2) is 12.7 Å². The van der Waals surface area contributed by atoms with Crippen LogP contribution in [0.4, 0.5) is 0 Å². The number of carbonyl (C=O) groups excluding carboxylic acids is 1. The Morgan fingerprint density at radius 3 is 2.88 bits per heavy atom. The Bertz CT molecular complexity index is 343. The van der Waals surface area contributed by atoms with Crippen LogP contribution in [-0.2, 0) is 4.79 Å². The van der Waals surface area contributed by atoms with Crippen LogP contribution in [0.5, 0.6) is 0 Å². The summed E-state index contributed by atoms with van der Waals surface area (Å²) in [5.74, 6) is 0.691. The molecule has 1 aromatic heterocycles. The zero-order chi connectivity index (χ0) is 12.1. The van der Waals surface area contributed by atoms with Crippen LogP contribution in [0, 0.1) is 5.92 Å². The van der Waals surface area contributed by atoms with Crippen molar-refractivity contribution in [1.82, 2.24) is 20.1 Å². The van der Waals surface area contributed by atoms with E-state index in [4.69, 9.17) is 0 Å². The molecule has 1 heterocycles. The maximum atomic E-state index is 11.9. The van der Waals surface area contributed by atoms with E-state index in [0.717, 1.165) is 6.54 Å². The second-order valence-electron chi connectivity index (χ2n) is 4.80. The Morgan fingerprint density at radius 2 is 2.24 bits per heavy atom. The molecule has 1 atom stereocenters. The van der Waals surface area contributed by atoms with Gasteiger partial charge in [0.05, 0.1) is 0 Å². The highest BCUT2D eigenvalue weighted by molar-refractivity contribution is 5.79. The van der Waals surface area contributed by atoms with Crippen molar-refractivity contribution in [3.05, 3.63) is 12.7 Å². The predicted octanol–water partition coefficient (Wildman–Crippen LogP) is 1.54. The SMILES string of the molecule is CC(C(=O)NCC1CCCCC1)n1cncn1. The van der Waals surface area contributed by atoms with Gasteiger partial charge in [-0.25, -0.2) is 9.67 Å². The molecule has 94 valence electrons. The van der Waals surface area contributed by atoms with Gasteiger partial charge in [0.1, 0.15) is 18.7 Å². The van der Waals surface area contributed by atoms with Crippen LogP contribution in [-0.4, -0.2) is 27.2 Å². The third-order valence-electron chi connectivity index (χ3n) is 3.50. The van der Waals surface area contributed by atoms with Crippen molar-refractivity contribution in [3.8, 4) is 0 Å². The van der Waals surface area contributed by atoms with Crippen molar-refractivity contribution >= 4 is 5.91 Å². The van der Waals surface area contributed by atoms with E-state index in [9.17, 15) is 4.79 Å². The molecule has 5 heteroatoms. The summed E-state index contributed by atoms with van der Waals surface area (Å²) in [5.41, 5.74) is 0. The third kappa shape index (κ3) is 3.28. The van der Waals surface area contributed by atoms with Crippen molar-refractivity contribution in [2.24, 2.45) is 5.92 Å². The first-order chi connectivity index (χ1) is 8.27. The van der Waals surface area contributed by atoms with Crippen molar-refractivity contribution in [2.45, 2.75) is 45.1 Å². The van der Waals surface area contributed by atoms with Crippen LogP contribution >= 0.6 is 0 Å². The molecule has 1 aromatic rings. The summed E-state index contributed by atoms with van der Waals surface area (Å²) in [6.45, 7) is 2.64. The number of carbonyl (C=O) groups is 1. The molecule has 0 radical (unpaired) electrons. The van der Waals surface area contributed by atoms with Gasteiger partial charge in [-0.05, 0) is 25.7 Å². The second-order valence-corrected chi connectivity index (χ2v) is 4.80. The van der Waals surface area contributed by atoms with Crippen LogP contribution in [0.3, 0.4) is 0 Å². The normalized spacial score (nSPS) is 18.9. The third-order valence-corrected chi connectivity index (χ3v) is 3.50. The zero-order valence-electron chi connectivity index (χ0n) is 10.3. The Kier molecular flexibility index (Phi) is 4.12. The number of rotatable bonds is 4. The largest absolute Gasteiger partial charge is 0.354 e. The van der Waals surface area contributed by atoms with Crippen molar-refractivity contribution in [3.63, 3.8) is 0 Å². The summed E-state index contributed by atoms with van der Waals surface area (Å²) in [6, 6.07) is -0.277. The fraction of sp³-hybridized carbons (Fsp3) is 0.750. The fourth-order valence-electron chi connectivity index (χ4n) is 2.32. The predicted molar refractivity (Wildman–Crippen MR) is 64.3 cm³/mol. The molecule has 2 rings (SSSR count). The van der Waals surface area contributed by atoms with E-state index in [1.807, 2.05) is 6.92 Å². The van der Waals surface area contributed by atoms with Crippen LogP contribution in [0.25, 0.3) is 0 Å². The van der Waals surface area contributed by atoms with Gasteiger partial charge >= 0.3 is 0 Å². The molecule has 1 N–H and O–H groups in total. The lowest BCUT2D eigenvalue weighted by molar-refractivity contribution is -0.124. The summed E-state index contributed by atoms with van der Waals surface area (Å²) < 4.78 is 1.58. The molecule has 5 nitrogen and oxygen atoms in total. The van der Waals surface area contributed by atoms with Gasteiger partial charge in [-0.15, -0.1) is 0 Å². The van der Waals surface area contributed by atoms with Crippen LogP contribution < -0.4 is 5.32 Å². The Hall–Kier alpha value is -1.39. The van der Waals surface area contributed by atoms with Gasteiger partial charge in [0.2, 0.25) is 5.91 Å². The van der Waals surface area contributed by atoms with Gasteiger partial charge in [-0.2, -0.15) is 5.10 Å². The standard InChI is InChI=1S/C12H20N4O/c1-10(16-9-13-8-15-16)12(17)14-7-11-5-3-2-4-6-11/h8-11H,2-7H2,1H3,(H,14,17). The van der Waals surface area contributed by atoms with Gasteiger partial charge in [0.15, 0.2) is 0 Å². The average Bonchev–Trinajstić information content (AvgIpc) is 2.90. The smallest absolute Gasteiger partial charge is 0.244 e. The van der Waals surface area contributed by atoms with Crippen molar-refractivity contribution in [2.75, 3.05) is 6.54 Å². The van der Waals surface area contributed by atoms with Crippen molar-refractivity contribution < 1.29 is 4.79 Å². The second kappa shape index (κ2) is 5.80. The van der Waals surface area contributed by atoms with E-state index >= 15 is 0 Å². The summed E-state index contributed by atoms with van der Waals surface area (Å²) >= 11 is 0. The molecular weight excluding hydrogens is 216 g/mol. The molecule has 0 spiro atoms. The van der Waals surface area contributed by atoms with E-state index in [1.54, 1.807) is 11.0 Å². The van der Waals surface area contributed by atoms with Crippen molar-refractivity contribution in [1.29, 1.82) is 0 Å². The van der Waals surface area contributed by atoms with E-state index in [-0.39, 0.29) is 11.9 Å². The number of nitrogens with one attached hydrogen (secondary N) is 1. The van der Waals surface area contributed by atoms with E-state index in [1.165, 1.54) is 38.4 Å². The molecule has 1 aliphatic carbocycles. The minimum atomic E-state index is -0.277. The molecule has 0 saturated heterocycles. The first kappa shape index (κ1) is 12.1. The molecule has 0 aliphatic heterocycles. The Morgan fingerprint density at radius 1 is 1.47 bits per heavy atom. The molecule has 1 fully saturated rings. The first-order valence-corrected chi connectivity index (χ1v) is 6.39. The molecule has 0 bridgehead atoms. The van der Waals surface area contributed by atoms with E-state index < -0.39 is 0 Å². The average molecular weight is 236 g/mol. The molecule has 1 saturated carbocycles. The monoisotopic (exact) mass is 236 g/mol. The first-order valence-electron chi connectivity index (χ1n) is 6.39. The summed E-state index contributed by atoms with van der Waals surface area (Å²) in [6.07, 6.45) is 9.48. The lowest BCUT2D eigenvalue weighted by Gasteiger charge is -2.22. The number of amides is 1. The maximum absolute atomic E-state index is 11.9. The highest BCUT2D eigenvalue weighted by atomic mass is 16.2. The summed E-state index contributed by atoms with van der Waals surface area (Å²) in [5, 5.41) is 6.99. The summed E-state index contributed by atoms with van der Waals surface area (Å²) in [7, 11) is 0. The van der Waals surface area contributed by atoms with E-state index in [2.05, 4.69) is 15.4 Å². The Labute approximate surface area is 102 Å². The molecule has 1 amide bonds. The van der Waals surface area contributed by atoms with Gasteiger partial charge in [0, 0.05) is 6.54 Å². The lowest BCUT2D eigenvalue weighted by Crippen LogP contribution is -2.35. The molecule has 1 unspecified atom stereocenters. The molecule has 17 heavy (non-hydrogen) atoms. The Balaban J connectivity index is 1.76. The number of nitrogens with zero attached hydrogens (tertiary/aromatic N) is 3. The van der Waals surface area contributed by atoms with Gasteiger partial charge in [-0.1, -0.05) is 19.3 Å². The van der Waals surface area contributed by atoms with Crippen LogP contribution in [0.2, 0.25) is 0 Å². The molecule has 1 aliphatic rings. The zero-order valence-corrected chi connectivity index (χ0v) is 10.3. The van der Waals surface area contributed by atoms with Gasteiger partial charge in [-0.3, -0.25) is 4.79 Å².